The molecule has 2 aliphatic heterocycles. The van der Waals surface area contributed by atoms with Gasteiger partial charge in [-0.25, -0.2) is 9.07 Å². The van der Waals surface area contributed by atoms with Gasteiger partial charge in [0.1, 0.15) is 11.4 Å². The highest BCUT2D eigenvalue weighted by Gasteiger charge is 2.40. The number of carbonyl (C=O) groups excluding carboxylic acids is 2. The molecule has 1 aromatic carbocycles. The van der Waals surface area contributed by atoms with Crippen LogP contribution in [0.3, 0.4) is 0 Å². The summed E-state index contributed by atoms with van der Waals surface area (Å²) in [6.45, 7) is 6.65. The molecule has 178 valence electrons. The number of hydrogen-bond donors (Lipinski definition) is 1. The van der Waals surface area contributed by atoms with Gasteiger partial charge in [-0.15, -0.1) is 5.10 Å². The van der Waals surface area contributed by atoms with E-state index >= 15 is 4.39 Å². The van der Waals surface area contributed by atoms with E-state index < -0.39 is 29.7 Å². The Bertz CT molecular complexity index is 995. The summed E-state index contributed by atoms with van der Waals surface area (Å²) < 4.78 is 28.0. The number of benzene rings is 1. The number of rotatable bonds is 6. The van der Waals surface area contributed by atoms with E-state index in [-0.39, 0.29) is 12.1 Å². The van der Waals surface area contributed by atoms with Crippen molar-refractivity contribution in [2.24, 2.45) is 11.7 Å². The van der Waals surface area contributed by atoms with Crippen molar-refractivity contribution < 1.29 is 23.5 Å². The fraction of sp³-hybridized carbons (Fsp3) is 0.545. The third-order valence-electron chi connectivity index (χ3n) is 5.75. The van der Waals surface area contributed by atoms with Crippen molar-refractivity contribution in [3.63, 3.8) is 0 Å². The molecule has 4 atom stereocenters. The van der Waals surface area contributed by atoms with Crippen LogP contribution < -0.4 is 15.5 Å². The van der Waals surface area contributed by atoms with Crippen molar-refractivity contribution >= 4 is 23.6 Å². The van der Waals surface area contributed by atoms with Crippen LogP contribution in [0, 0.1) is 11.7 Å². The van der Waals surface area contributed by atoms with E-state index in [1.165, 1.54) is 6.07 Å². The summed E-state index contributed by atoms with van der Waals surface area (Å²) >= 11 is 0. The van der Waals surface area contributed by atoms with Gasteiger partial charge in [0.2, 0.25) is 0 Å². The number of anilines is 2. The summed E-state index contributed by atoms with van der Waals surface area (Å²) in [6.07, 6.45) is 2.63. The molecule has 2 unspecified atom stereocenters. The van der Waals surface area contributed by atoms with Crippen LogP contribution in [0.25, 0.3) is 0 Å². The third-order valence-corrected chi connectivity index (χ3v) is 5.75. The lowest BCUT2D eigenvalue weighted by atomic mass is 10.1. The lowest BCUT2D eigenvalue weighted by Crippen LogP contribution is -2.44. The van der Waals surface area contributed by atoms with Gasteiger partial charge in [-0.2, -0.15) is 0 Å². The molecule has 2 fully saturated rings. The van der Waals surface area contributed by atoms with Crippen molar-refractivity contribution in [3.05, 3.63) is 36.4 Å². The van der Waals surface area contributed by atoms with Crippen LogP contribution in [0.15, 0.2) is 30.6 Å². The second-order valence-electron chi connectivity index (χ2n) is 9.31. The Labute approximate surface area is 191 Å². The number of aromatic nitrogens is 3. The maximum Gasteiger partial charge on any atom is 0.313 e. The highest BCUT2D eigenvalue weighted by atomic mass is 19.1. The second-order valence-corrected chi connectivity index (χ2v) is 9.31. The summed E-state index contributed by atoms with van der Waals surface area (Å²) in [6, 6.07) is 4.71. The monoisotopic (exact) mass is 460 g/mol. The van der Waals surface area contributed by atoms with Gasteiger partial charge < -0.3 is 25.0 Å². The third kappa shape index (κ3) is 4.98. The minimum Gasteiger partial charge on any atom is -0.460 e. The number of nitrogens with zero attached hydrogens (tertiary/aromatic N) is 5. The molecule has 33 heavy (non-hydrogen) atoms. The molecule has 2 aliphatic rings. The van der Waals surface area contributed by atoms with Crippen LogP contribution in [0.1, 0.15) is 27.2 Å². The number of ether oxygens (including phenoxy) is 2. The van der Waals surface area contributed by atoms with Gasteiger partial charge >= 0.3 is 5.97 Å². The van der Waals surface area contributed by atoms with Crippen molar-refractivity contribution in [3.8, 4) is 0 Å². The molecule has 0 spiro atoms. The van der Waals surface area contributed by atoms with E-state index in [0.29, 0.717) is 43.7 Å². The summed E-state index contributed by atoms with van der Waals surface area (Å²) in [5.41, 5.74) is 6.51. The van der Waals surface area contributed by atoms with E-state index in [4.69, 9.17) is 15.2 Å². The maximum absolute atomic E-state index is 15.2. The molecule has 0 amide bonds. The van der Waals surface area contributed by atoms with Crippen LogP contribution in [-0.4, -0.2) is 64.4 Å². The Morgan fingerprint density at radius 3 is 2.79 bits per heavy atom. The number of nitrogens with two attached hydrogens (primary N) is 1. The molecule has 10 nitrogen and oxygen atoms in total. The Morgan fingerprint density at radius 1 is 1.36 bits per heavy atom. The first-order valence-corrected chi connectivity index (χ1v) is 10.9. The molecule has 4 rings (SSSR count). The van der Waals surface area contributed by atoms with E-state index in [1.54, 1.807) is 59.8 Å². The number of carbonyl (C=O) groups is 2. The van der Waals surface area contributed by atoms with Crippen molar-refractivity contribution in [2.45, 2.75) is 57.8 Å². The summed E-state index contributed by atoms with van der Waals surface area (Å²) in [4.78, 5) is 27.4. The molecule has 0 bridgehead atoms. The zero-order chi connectivity index (χ0) is 23.8. The minimum atomic E-state index is -0.825. The first-order valence-electron chi connectivity index (χ1n) is 10.9. The average Bonchev–Trinajstić information content (AvgIpc) is 3.47. The molecule has 2 saturated heterocycles. The number of hydrogen-bond acceptors (Lipinski definition) is 9. The predicted octanol–water partition coefficient (Wildman–Crippen LogP) is 1.30. The fourth-order valence-corrected chi connectivity index (χ4v) is 4.27. The maximum atomic E-state index is 15.2. The predicted molar refractivity (Wildman–Crippen MR) is 118 cm³/mol. The zero-order valence-corrected chi connectivity index (χ0v) is 18.9. The Hall–Kier alpha value is -3.05. The van der Waals surface area contributed by atoms with E-state index in [2.05, 4.69) is 10.3 Å². The molecular weight excluding hydrogens is 431 g/mol. The van der Waals surface area contributed by atoms with E-state index in [0.717, 1.165) is 0 Å². The molecule has 3 heterocycles. The van der Waals surface area contributed by atoms with Gasteiger partial charge in [0, 0.05) is 25.0 Å². The standard InChI is InChI=1S/C22H29FN6O4/c1-22(2,3)33-21(31)16-6-8-28(20(16)24)18-5-4-14(10-17(18)23)29-12-15(32-19(29)13-30)11-27-9-7-25-26-27/h4-5,7,9-10,13,15-16,19-20H,6,8,11-12,24H2,1-3H3/t15-,16+,19?,20?/m0/s1. The van der Waals surface area contributed by atoms with Gasteiger partial charge in [0.25, 0.3) is 0 Å². The van der Waals surface area contributed by atoms with Gasteiger partial charge in [0.05, 0.1) is 36.6 Å². The molecule has 0 aliphatic carbocycles. The average molecular weight is 461 g/mol. The lowest BCUT2D eigenvalue weighted by Gasteiger charge is -2.29. The first-order chi connectivity index (χ1) is 15.7. The molecule has 1 aromatic heterocycles. The largest absolute Gasteiger partial charge is 0.460 e. The van der Waals surface area contributed by atoms with Gasteiger partial charge in [0.15, 0.2) is 12.5 Å². The summed E-state index contributed by atoms with van der Waals surface area (Å²) in [5, 5.41) is 7.67. The van der Waals surface area contributed by atoms with Crippen LogP contribution in [-0.2, 0) is 25.6 Å². The Morgan fingerprint density at radius 2 is 2.15 bits per heavy atom. The normalized spacial score (nSPS) is 25.5. The molecule has 11 heteroatoms. The molecule has 2 aromatic rings. The van der Waals surface area contributed by atoms with Crippen LogP contribution >= 0.6 is 0 Å². The number of aldehydes is 1. The van der Waals surface area contributed by atoms with Crippen molar-refractivity contribution in [1.29, 1.82) is 0 Å². The summed E-state index contributed by atoms with van der Waals surface area (Å²) in [7, 11) is 0. The van der Waals surface area contributed by atoms with Crippen molar-refractivity contribution in [1.82, 2.24) is 15.0 Å². The van der Waals surface area contributed by atoms with Crippen molar-refractivity contribution in [2.75, 3.05) is 22.9 Å². The Kier molecular flexibility index (Phi) is 6.35. The first kappa shape index (κ1) is 23.1. The van der Waals surface area contributed by atoms with Gasteiger partial charge in [-0.05, 0) is 45.4 Å². The smallest absolute Gasteiger partial charge is 0.313 e. The number of esters is 1. The lowest BCUT2D eigenvalue weighted by molar-refractivity contribution is -0.160. The quantitative estimate of drug-likeness (QED) is 0.503. The van der Waals surface area contributed by atoms with Gasteiger partial charge in [-0.3, -0.25) is 9.59 Å². The van der Waals surface area contributed by atoms with E-state index in [9.17, 15) is 9.59 Å². The zero-order valence-electron chi connectivity index (χ0n) is 18.9. The fourth-order valence-electron chi connectivity index (χ4n) is 4.27. The Balaban J connectivity index is 1.47. The topological polar surface area (TPSA) is 116 Å². The highest BCUT2D eigenvalue weighted by Crippen LogP contribution is 2.34. The van der Waals surface area contributed by atoms with Gasteiger partial charge in [-0.1, -0.05) is 5.21 Å². The minimum absolute atomic E-state index is 0.300. The van der Waals surface area contributed by atoms with Crippen LogP contribution in [0.2, 0.25) is 0 Å². The SMILES string of the molecule is CC(C)(C)OC(=O)[C@@H]1CCN(c2ccc(N3C[C@H](Cn4ccnn4)OC3C=O)cc2F)C1N. The second kappa shape index (κ2) is 9.06. The summed E-state index contributed by atoms with van der Waals surface area (Å²) in [5.74, 6) is -1.40. The van der Waals surface area contributed by atoms with Crippen LogP contribution in [0.4, 0.5) is 15.8 Å². The molecule has 0 saturated carbocycles. The molecular formula is C22H29FN6O4. The highest BCUT2D eigenvalue weighted by molar-refractivity contribution is 5.76. The van der Waals surface area contributed by atoms with Crippen LogP contribution in [0.5, 0.6) is 0 Å². The number of halogens is 1. The molecule has 0 radical (unpaired) electrons. The molecule has 2 N–H and O–H groups in total. The van der Waals surface area contributed by atoms with E-state index in [1.807, 2.05) is 0 Å².